The molecule has 48 valence electrons. The Morgan fingerprint density at radius 3 is 2.50 bits per heavy atom. The Morgan fingerprint density at radius 1 is 1.88 bits per heavy atom. The van der Waals surface area contributed by atoms with Gasteiger partial charge in [-0.25, -0.2) is 0 Å². The average Bonchev–Trinajstić information content (AvgIpc) is 1.65. The number of carbonyl (C=O) groups is 1. The Morgan fingerprint density at radius 2 is 2.38 bits per heavy atom. The predicted octanol–water partition coefficient (Wildman–Crippen LogP) is 1.49. The van der Waals surface area contributed by atoms with Gasteiger partial charge in [-0.1, -0.05) is 22.9 Å². The lowest BCUT2D eigenvalue weighted by Crippen LogP contribution is -2.04. The molecule has 1 atom stereocenters. The minimum atomic E-state index is -0.725. The maximum absolute atomic E-state index is 9.95. The van der Waals surface area contributed by atoms with Gasteiger partial charge in [-0.15, -0.1) is 0 Å². The van der Waals surface area contributed by atoms with E-state index in [0.29, 0.717) is 0 Å². The molecule has 1 unspecified atom stereocenters. The summed E-state index contributed by atoms with van der Waals surface area (Å²) in [4.78, 5) is 9.95. The van der Waals surface area contributed by atoms with Crippen LogP contribution in [0.4, 0.5) is 0 Å². The van der Waals surface area contributed by atoms with E-state index in [1.165, 1.54) is 0 Å². The molecule has 1 N–H and O–H groups in total. The molecule has 0 spiro atoms. The molecular formula is C5H9BrO2. The largest absolute Gasteiger partial charge is 0.481 e. The Bertz CT molecular complexity index is 82.5. The van der Waals surface area contributed by atoms with Gasteiger partial charge in [0.05, 0.1) is 0 Å². The van der Waals surface area contributed by atoms with Crippen LogP contribution in [0, 0.1) is 5.92 Å². The molecule has 0 saturated carbocycles. The van der Waals surface area contributed by atoms with Gasteiger partial charge in [0, 0.05) is 11.8 Å². The minimum absolute atomic E-state index is 0.243. The van der Waals surface area contributed by atoms with Crippen molar-refractivity contribution in [3.8, 4) is 0 Å². The molecule has 0 aliphatic rings. The first kappa shape index (κ1) is 7.95. The molecule has 0 bridgehead atoms. The average molecular weight is 181 g/mol. The van der Waals surface area contributed by atoms with E-state index >= 15 is 0 Å². The summed E-state index contributed by atoms with van der Waals surface area (Å²) in [5.74, 6) is -0.482. The van der Waals surface area contributed by atoms with Gasteiger partial charge in [-0.2, -0.15) is 0 Å². The number of rotatable bonds is 3. The number of alkyl halides is 1. The number of hydrogen-bond acceptors (Lipinski definition) is 1. The number of hydrogen-bond donors (Lipinski definition) is 1. The fraction of sp³-hybridized carbons (Fsp3) is 0.800. The third-order valence-corrected chi connectivity index (χ3v) is 1.89. The molecule has 3 heteroatoms. The van der Waals surface area contributed by atoms with E-state index < -0.39 is 5.97 Å². The summed E-state index contributed by atoms with van der Waals surface area (Å²) >= 11 is 3.18. The molecule has 0 aromatic carbocycles. The van der Waals surface area contributed by atoms with E-state index in [9.17, 15) is 4.79 Å². The lowest BCUT2D eigenvalue weighted by Gasteiger charge is -1.99. The molecule has 0 aromatic rings. The van der Waals surface area contributed by atoms with E-state index in [1.807, 2.05) is 6.92 Å². The molecule has 0 saturated heterocycles. The lowest BCUT2D eigenvalue weighted by molar-refractivity contribution is -0.137. The molecular weight excluding hydrogens is 172 g/mol. The first-order chi connectivity index (χ1) is 3.66. The van der Waals surface area contributed by atoms with Crippen LogP contribution in [0.5, 0.6) is 0 Å². The standard InChI is InChI=1S/C5H9BrO2/c1-4(3-6)2-5(7)8/h4H,2-3H2,1H3,(H,7,8). The molecule has 0 aliphatic heterocycles. The van der Waals surface area contributed by atoms with Gasteiger partial charge in [0.1, 0.15) is 0 Å². The summed E-state index contributed by atoms with van der Waals surface area (Å²) in [6.07, 6.45) is 0.255. The van der Waals surface area contributed by atoms with Crippen molar-refractivity contribution in [1.82, 2.24) is 0 Å². The Hall–Kier alpha value is -0.0500. The van der Waals surface area contributed by atoms with Crippen LogP contribution < -0.4 is 0 Å². The van der Waals surface area contributed by atoms with Crippen LogP contribution >= 0.6 is 15.9 Å². The molecule has 0 aromatic heterocycles. The molecule has 8 heavy (non-hydrogen) atoms. The number of halogens is 1. The quantitative estimate of drug-likeness (QED) is 0.669. The molecule has 0 heterocycles. The molecule has 0 amide bonds. The van der Waals surface area contributed by atoms with Gasteiger partial charge < -0.3 is 5.11 Å². The van der Waals surface area contributed by atoms with Gasteiger partial charge in [0.2, 0.25) is 0 Å². The second-order valence-corrected chi connectivity index (χ2v) is 2.50. The summed E-state index contributed by atoms with van der Waals surface area (Å²) < 4.78 is 0. The highest BCUT2D eigenvalue weighted by Crippen LogP contribution is 2.03. The second kappa shape index (κ2) is 3.89. The number of carboxylic acid groups (broad SMARTS) is 1. The zero-order chi connectivity index (χ0) is 6.57. The second-order valence-electron chi connectivity index (χ2n) is 1.86. The van der Waals surface area contributed by atoms with Gasteiger partial charge in [-0.05, 0) is 5.92 Å². The fourth-order valence-corrected chi connectivity index (χ4v) is 0.582. The third kappa shape index (κ3) is 4.12. The van der Waals surface area contributed by atoms with Gasteiger partial charge >= 0.3 is 5.97 Å². The molecule has 2 nitrogen and oxygen atoms in total. The SMILES string of the molecule is CC(CBr)CC(=O)O. The maximum atomic E-state index is 9.95. The first-order valence-electron chi connectivity index (χ1n) is 2.44. The summed E-state index contributed by atoms with van der Waals surface area (Å²) in [6.45, 7) is 1.89. The van der Waals surface area contributed by atoms with Crippen molar-refractivity contribution in [3.63, 3.8) is 0 Å². The van der Waals surface area contributed by atoms with Crippen molar-refractivity contribution in [2.45, 2.75) is 13.3 Å². The summed E-state index contributed by atoms with van der Waals surface area (Å²) in [7, 11) is 0. The van der Waals surface area contributed by atoms with Crippen LogP contribution in [0.1, 0.15) is 13.3 Å². The fourth-order valence-electron chi connectivity index (χ4n) is 0.353. The van der Waals surface area contributed by atoms with E-state index in [0.717, 1.165) is 5.33 Å². The lowest BCUT2D eigenvalue weighted by atomic mass is 10.1. The number of carboxylic acids is 1. The Kier molecular flexibility index (Phi) is 3.87. The van der Waals surface area contributed by atoms with Crippen molar-refractivity contribution in [2.24, 2.45) is 5.92 Å². The highest BCUT2D eigenvalue weighted by atomic mass is 79.9. The maximum Gasteiger partial charge on any atom is 0.303 e. The topological polar surface area (TPSA) is 37.3 Å². The Balaban J connectivity index is 3.24. The van der Waals surface area contributed by atoms with E-state index in [1.54, 1.807) is 0 Å². The molecule has 0 fully saturated rings. The van der Waals surface area contributed by atoms with Crippen molar-refractivity contribution in [3.05, 3.63) is 0 Å². The van der Waals surface area contributed by atoms with Gasteiger partial charge in [0.25, 0.3) is 0 Å². The normalized spacial score (nSPS) is 13.2. The van der Waals surface area contributed by atoms with E-state index in [-0.39, 0.29) is 12.3 Å². The predicted molar refractivity (Wildman–Crippen MR) is 35.2 cm³/mol. The van der Waals surface area contributed by atoms with Crippen LogP contribution in [0.15, 0.2) is 0 Å². The highest BCUT2D eigenvalue weighted by Gasteiger charge is 2.03. The van der Waals surface area contributed by atoms with Crippen LogP contribution in [0.25, 0.3) is 0 Å². The van der Waals surface area contributed by atoms with E-state index in [2.05, 4.69) is 15.9 Å². The van der Waals surface area contributed by atoms with Crippen LogP contribution in [-0.2, 0) is 4.79 Å². The third-order valence-electron chi connectivity index (χ3n) is 0.786. The zero-order valence-corrected chi connectivity index (χ0v) is 6.31. The van der Waals surface area contributed by atoms with Crippen LogP contribution in [0.2, 0.25) is 0 Å². The Labute approximate surface area is 57.0 Å². The van der Waals surface area contributed by atoms with Gasteiger partial charge in [0.15, 0.2) is 0 Å². The smallest absolute Gasteiger partial charge is 0.303 e. The zero-order valence-electron chi connectivity index (χ0n) is 4.72. The first-order valence-corrected chi connectivity index (χ1v) is 3.56. The van der Waals surface area contributed by atoms with Crippen LogP contribution in [0.3, 0.4) is 0 Å². The van der Waals surface area contributed by atoms with Crippen molar-refractivity contribution >= 4 is 21.9 Å². The highest BCUT2D eigenvalue weighted by molar-refractivity contribution is 9.09. The molecule has 0 radical (unpaired) electrons. The van der Waals surface area contributed by atoms with Crippen LogP contribution in [-0.4, -0.2) is 16.4 Å². The molecule has 0 aliphatic carbocycles. The van der Waals surface area contributed by atoms with Crippen molar-refractivity contribution in [2.75, 3.05) is 5.33 Å². The summed E-state index contributed by atoms with van der Waals surface area (Å²) in [5, 5.41) is 8.96. The number of aliphatic carboxylic acids is 1. The molecule has 0 rings (SSSR count). The summed E-state index contributed by atoms with van der Waals surface area (Å²) in [5.41, 5.74) is 0. The van der Waals surface area contributed by atoms with Crippen molar-refractivity contribution < 1.29 is 9.90 Å². The minimum Gasteiger partial charge on any atom is -0.481 e. The van der Waals surface area contributed by atoms with E-state index in [4.69, 9.17) is 5.11 Å². The van der Waals surface area contributed by atoms with Gasteiger partial charge in [-0.3, -0.25) is 4.79 Å². The summed E-state index contributed by atoms with van der Waals surface area (Å²) in [6, 6.07) is 0. The van der Waals surface area contributed by atoms with Crippen molar-refractivity contribution in [1.29, 1.82) is 0 Å². The monoisotopic (exact) mass is 180 g/mol.